The van der Waals surface area contributed by atoms with E-state index in [1.807, 2.05) is 6.92 Å². The molecule has 0 bridgehead atoms. The molecular weight excluding hydrogens is 395 g/mol. The summed E-state index contributed by atoms with van der Waals surface area (Å²) in [6.07, 6.45) is 0.787. The first-order valence-electron chi connectivity index (χ1n) is 6.41. The van der Waals surface area contributed by atoms with Crippen molar-refractivity contribution in [1.82, 2.24) is 10.2 Å². The second-order valence-electron chi connectivity index (χ2n) is 4.10. The molecule has 0 amide bonds. The van der Waals surface area contributed by atoms with Gasteiger partial charge in [0.1, 0.15) is 0 Å². The van der Waals surface area contributed by atoms with Crippen molar-refractivity contribution in [2.24, 2.45) is 0 Å². The minimum absolute atomic E-state index is 0.0293. The molecule has 0 fully saturated rings. The predicted octanol–water partition coefficient (Wildman–Crippen LogP) is 3.82. The molecule has 0 radical (unpaired) electrons. The maximum absolute atomic E-state index is 12.5. The molecule has 1 rings (SSSR count). The Morgan fingerprint density at radius 2 is 2.23 bits per heavy atom. The van der Waals surface area contributed by atoms with E-state index in [1.54, 1.807) is 0 Å². The minimum atomic E-state index is -3.23. The summed E-state index contributed by atoms with van der Waals surface area (Å²) in [5.74, 6) is 0. The van der Waals surface area contributed by atoms with Gasteiger partial charge >= 0.3 is 12.7 Å². The number of alkyl halides is 1. The van der Waals surface area contributed by atoms with Crippen LogP contribution in [0.1, 0.15) is 18.2 Å². The molecule has 0 aliphatic heterocycles. The standard InChI is InChI=1S/C11H16BrN4O4PS/c1-3-5-14-21(19,15-6-4-12)20-8-9-7-10(13-2)11(22-9)16(17)18/h7H,3-6,8H2,1H3,(H2,14,15,19). The van der Waals surface area contributed by atoms with Crippen LogP contribution in [0, 0.1) is 16.7 Å². The number of hydrogen-bond acceptors (Lipinski definition) is 5. The average molecular weight is 411 g/mol. The highest BCUT2D eigenvalue weighted by Crippen LogP contribution is 2.42. The summed E-state index contributed by atoms with van der Waals surface area (Å²) in [4.78, 5) is 13.8. The molecule has 1 aromatic rings. The number of halogens is 1. The fourth-order valence-electron chi connectivity index (χ4n) is 1.45. The van der Waals surface area contributed by atoms with E-state index in [1.165, 1.54) is 6.07 Å². The predicted molar refractivity (Wildman–Crippen MR) is 89.7 cm³/mol. The van der Waals surface area contributed by atoms with Crippen molar-refractivity contribution in [3.63, 3.8) is 0 Å². The van der Waals surface area contributed by atoms with Crippen LogP contribution >= 0.6 is 34.9 Å². The lowest BCUT2D eigenvalue weighted by molar-refractivity contribution is -0.379. The van der Waals surface area contributed by atoms with Crippen molar-refractivity contribution in [2.45, 2.75) is 20.0 Å². The Morgan fingerprint density at radius 1 is 1.55 bits per heavy atom. The van der Waals surface area contributed by atoms with Crippen molar-refractivity contribution >= 4 is 45.6 Å². The van der Waals surface area contributed by atoms with Gasteiger partial charge in [0.2, 0.25) is 0 Å². The average Bonchev–Trinajstić information content (AvgIpc) is 2.93. The highest BCUT2D eigenvalue weighted by Gasteiger charge is 2.24. The van der Waals surface area contributed by atoms with Gasteiger partial charge in [0, 0.05) is 23.3 Å². The Kier molecular flexibility index (Phi) is 8.17. The highest BCUT2D eigenvalue weighted by atomic mass is 79.9. The van der Waals surface area contributed by atoms with E-state index in [2.05, 4.69) is 30.9 Å². The van der Waals surface area contributed by atoms with Crippen LogP contribution in [0.4, 0.5) is 10.7 Å². The Balaban J connectivity index is 2.78. The van der Waals surface area contributed by atoms with E-state index >= 15 is 0 Å². The van der Waals surface area contributed by atoms with Crippen LogP contribution in [0.15, 0.2) is 6.07 Å². The SMILES string of the molecule is [C-]#[N+]c1cc(COP(=O)(NCCC)NCCBr)sc1[N+](=O)[O-]. The van der Waals surface area contributed by atoms with E-state index in [-0.39, 0.29) is 17.3 Å². The normalized spacial score (nSPS) is 13.5. The molecule has 1 unspecified atom stereocenters. The molecule has 0 saturated carbocycles. The topological polar surface area (TPSA) is 97.9 Å². The molecule has 1 aromatic heterocycles. The number of nitrogens with zero attached hydrogens (tertiary/aromatic N) is 2. The van der Waals surface area contributed by atoms with Crippen LogP contribution in [-0.4, -0.2) is 23.3 Å². The summed E-state index contributed by atoms with van der Waals surface area (Å²) in [7, 11) is -3.23. The van der Waals surface area contributed by atoms with Gasteiger partial charge in [-0.05, 0) is 12.5 Å². The first-order valence-corrected chi connectivity index (χ1v) is 9.97. The fraction of sp³-hybridized carbons (Fsp3) is 0.545. The molecule has 1 heterocycles. The van der Waals surface area contributed by atoms with Crippen molar-refractivity contribution < 1.29 is 14.0 Å². The Morgan fingerprint density at radius 3 is 2.73 bits per heavy atom. The van der Waals surface area contributed by atoms with Gasteiger partial charge in [0.15, 0.2) is 0 Å². The Labute approximate surface area is 140 Å². The van der Waals surface area contributed by atoms with E-state index < -0.39 is 12.6 Å². The zero-order chi connectivity index (χ0) is 16.6. The number of thiophene rings is 1. The van der Waals surface area contributed by atoms with Crippen LogP contribution in [0.5, 0.6) is 0 Å². The molecule has 22 heavy (non-hydrogen) atoms. The minimum Gasteiger partial charge on any atom is -0.301 e. The first kappa shape index (κ1) is 19.2. The van der Waals surface area contributed by atoms with Crippen molar-refractivity contribution in [3.05, 3.63) is 32.5 Å². The third-order valence-electron chi connectivity index (χ3n) is 2.40. The molecule has 2 N–H and O–H groups in total. The summed E-state index contributed by atoms with van der Waals surface area (Å²) in [5, 5.41) is 16.8. The van der Waals surface area contributed by atoms with Gasteiger partial charge in [-0.2, -0.15) is 0 Å². The summed E-state index contributed by atoms with van der Waals surface area (Å²) in [6.45, 7) is 9.77. The Bertz CT molecular complexity index is 591. The van der Waals surface area contributed by atoms with Crippen LogP contribution in [0.2, 0.25) is 0 Å². The van der Waals surface area contributed by atoms with Crippen LogP contribution < -0.4 is 10.2 Å². The second kappa shape index (κ2) is 9.35. The molecular formula is C11H16BrN4O4PS. The Hall–Kier alpha value is -0.820. The molecule has 0 saturated heterocycles. The monoisotopic (exact) mass is 410 g/mol. The van der Waals surface area contributed by atoms with E-state index in [9.17, 15) is 14.7 Å². The van der Waals surface area contributed by atoms with Gasteiger partial charge < -0.3 is 4.52 Å². The highest BCUT2D eigenvalue weighted by molar-refractivity contribution is 9.09. The van der Waals surface area contributed by atoms with Gasteiger partial charge in [-0.25, -0.2) is 15.0 Å². The van der Waals surface area contributed by atoms with E-state index in [0.717, 1.165) is 17.8 Å². The van der Waals surface area contributed by atoms with Crippen molar-refractivity contribution in [1.29, 1.82) is 0 Å². The lowest BCUT2D eigenvalue weighted by Gasteiger charge is -2.19. The third kappa shape index (κ3) is 5.76. The largest absolute Gasteiger partial charge is 0.341 e. The molecule has 8 nitrogen and oxygen atoms in total. The molecule has 0 aliphatic rings. The molecule has 1 atom stereocenters. The number of nitrogens with one attached hydrogen (secondary N) is 2. The molecule has 122 valence electrons. The maximum Gasteiger partial charge on any atom is 0.341 e. The number of nitro groups is 1. The van der Waals surface area contributed by atoms with Gasteiger partial charge in [0.25, 0.3) is 5.69 Å². The molecule has 0 spiro atoms. The first-order chi connectivity index (χ1) is 10.5. The number of rotatable bonds is 10. The molecule has 0 aromatic carbocycles. The lowest BCUT2D eigenvalue weighted by atomic mass is 10.4. The van der Waals surface area contributed by atoms with Gasteiger partial charge in [-0.3, -0.25) is 14.7 Å². The number of hydrogen-bond donors (Lipinski definition) is 2. The lowest BCUT2D eigenvalue weighted by Crippen LogP contribution is -2.26. The van der Waals surface area contributed by atoms with Crippen LogP contribution in [0.3, 0.4) is 0 Å². The zero-order valence-corrected chi connectivity index (χ0v) is 15.2. The smallest absolute Gasteiger partial charge is 0.301 e. The van der Waals surface area contributed by atoms with E-state index in [4.69, 9.17) is 11.1 Å². The molecule has 0 aliphatic carbocycles. The third-order valence-corrected chi connectivity index (χ3v) is 5.62. The summed E-state index contributed by atoms with van der Waals surface area (Å²) in [5.41, 5.74) is -0.0293. The van der Waals surface area contributed by atoms with E-state index in [0.29, 0.717) is 23.3 Å². The summed E-state index contributed by atoms with van der Waals surface area (Å²) >= 11 is 4.09. The quantitative estimate of drug-likeness (QED) is 0.200. The second-order valence-corrected chi connectivity index (χ2v) is 8.00. The maximum atomic E-state index is 12.5. The fourth-order valence-corrected chi connectivity index (χ4v) is 4.40. The molecule has 11 heteroatoms. The zero-order valence-electron chi connectivity index (χ0n) is 11.9. The van der Waals surface area contributed by atoms with Crippen LogP contribution in [-0.2, 0) is 15.7 Å². The van der Waals surface area contributed by atoms with Crippen LogP contribution in [0.25, 0.3) is 4.85 Å². The summed E-state index contributed by atoms with van der Waals surface area (Å²) < 4.78 is 18.0. The van der Waals surface area contributed by atoms with Crippen molar-refractivity contribution in [3.8, 4) is 0 Å². The summed E-state index contributed by atoms with van der Waals surface area (Å²) in [6, 6.07) is 1.39. The van der Waals surface area contributed by atoms with Gasteiger partial charge in [-0.15, -0.1) is 0 Å². The van der Waals surface area contributed by atoms with Gasteiger partial charge in [-0.1, -0.05) is 34.2 Å². The van der Waals surface area contributed by atoms with Crippen molar-refractivity contribution in [2.75, 3.05) is 18.4 Å². The van der Waals surface area contributed by atoms with Gasteiger partial charge in [0.05, 0.1) is 18.1 Å².